The summed E-state index contributed by atoms with van der Waals surface area (Å²) in [6.07, 6.45) is 7.32. The molecule has 0 radical (unpaired) electrons. The van der Waals surface area contributed by atoms with Crippen molar-refractivity contribution >= 4 is 5.91 Å². The van der Waals surface area contributed by atoms with Crippen LogP contribution < -0.4 is 0 Å². The van der Waals surface area contributed by atoms with E-state index in [1.807, 2.05) is 4.90 Å². The molecule has 0 spiro atoms. The van der Waals surface area contributed by atoms with E-state index in [0.717, 1.165) is 38.7 Å². The molecule has 2 fully saturated rings. The Balaban J connectivity index is 1.61. The van der Waals surface area contributed by atoms with E-state index in [0.29, 0.717) is 12.5 Å². The first-order valence-corrected chi connectivity index (χ1v) is 7.78. The van der Waals surface area contributed by atoms with E-state index < -0.39 is 0 Å². The summed E-state index contributed by atoms with van der Waals surface area (Å²) < 4.78 is 5.10. The van der Waals surface area contributed by atoms with Crippen molar-refractivity contribution in [3.8, 4) is 0 Å². The molecule has 0 aliphatic carbocycles. The Morgan fingerprint density at radius 3 is 2.47 bits per heavy atom. The summed E-state index contributed by atoms with van der Waals surface area (Å²) in [5.41, 5.74) is 0. The molecular weight excluding hydrogens is 240 g/mol. The van der Waals surface area contributed by atoms with Gasteiger partial charge in [0, 0.05) is 26.8 Å². The summed E-state index contributed by atoms with van der Waals surface area (Å²) in [6.45, 7) is 5.67. The quantitative estimate of drug-likeness (QED) is 0.688. The molecule has 2 aliphatic rings. The van der Waals surface area contributed by atoms with Gasteiger partial charge >= 0.3 is 0 Å². The maximum Gasteiger partial charge on any atom is 0.236 e. The topological polar surface area (TPSA) is 32.8 Å². The first-order valence-electron chi connectivity index (χ1n) is 7.78. The predicted molar refractivity (Wildman–Crippen MR) is 76.1 cm³/mol. The minimum absolute atomic E-state index is 0.343. The average molecular weight is 268 g/mol. The summed E-state index contributed by atoms with van der Waals surface area (Å²) in [4.78, 5) is 16.4. The molecule has 0 N–H and O–H groups in total. The normalized spacial score (nSPS) is 22.1. The molecule has 0 saturated carbocycles. The van der Waals surface area contributed by atoms with Gasteiger partial charge in [-0.2, -0.15) is 0 Å². The van der Waals surface area contributed by atoms with Crippen LogP contribution in [-0.2, 0) is 9.53 Å². The van der Waals surface area contributed by atoms with Crippen LogP contribution in [0.15, 0.2) is 0 Å². The predicted octanol–water partition coefficient (Wildman–Crippen LogP) is 1.75. The molecule has 110 valence electrons. The van der Waals surface area contributed by atoms with Crippen molar-refractivity contribution < 1.29 is 9.53 Å². The fourth-order valence-corrected chi connectivity index (χ4v) is 3.21. The van der Waals surface area contributed by atoms with Crippen molar-refractivity contribution in [2.45, 2.75) is 38.5 Å². The number of rotatable bonds is 6. The number of hydrogen-bond donors (Lipinski definition) is 0. The molecule has 4 heteroatoms. The van der Waals surface area contributed by atoms with Gasteiger partial charge in [0.1, 0.15) is 0 Å². The fraction of sp³-hybridized carbons (Fsp3) is 0.933. The van der Waals surface area contributed by atoms with E-state index in [4.69, 9.17) is 4.74 Å². The molecule has 2 heterocycles. The van der Waals surface area contributed by atoms with Gasteiger partial charge in [0.25, 0.3) is 0 Å². The lowest BCUT2D eigenvalue weighted by molar-refractivity contribution is -0.131. The number of methoxy groups -OCH3 is 1. The molecule has 2 rings (SSSR count). The molecule has 0 aromatic rings. The van der Waals surface area contributed by atoms with E-state index in [2.05, 4.69) is 4.90 Å². The van der Waals surface area contributed by atoms with E-state index in [1.165, 1.54) is 38.5 Å². The molecule has 0 aromatic carbocycles. The van der Waals surface area contributed by atoms with Crippen molar-refractivity contribution in [3.05, 3.63) is 0 Å². The largest absolute Gasteiger partial charge is 0.385 e. The summed E-state index contributed by atoms with van der Waals surface area (Å²) in [6, 6.07) is 0. The second-order valence-electron chi connectivity index (χ2n) is 5.94. The van der Waals surface area contributed by atoms with Crippen LogP contribution in [0.4, 0.5) is 0 Å². The third-order valence-electron chi connectivity index (χ3n) is 4.49. The van der Waals surface area contributed by atoms with Gasteiger partial charge in [0.2, 0.25) is 5.91 Å². The zero-order valence-corrected chi connectivity index (χ0v) is 12.3. The van der Waals surface area contributed by atoms with Gasteiger partial charge in [0.15, 0.2) is 0 Å². The zero-order chi connectivity index (χ0) is 13.5. The molecular formula is C15H28N2O2. The highest BCUT2D eigenvalue weighted by molar-refractivity contribution is 5.78. The Morgan fingerprint density at radius 2 is 1.84 bits per heavy atom. The molecule has 0 bridgehead atoms. The van der Waals surface area contributed by atoms with Gasteiger partial charge in [-0.15, -0.1) is 0 Å². The third-order valence-corrected chi connectivity index (χ3v) is 4.49. The SMILES string of the molecule is COCCCC1CCN(CC(=O)N2CCCC2)CC1. The van der Waals surface area contributed by atoms with Crippen LogP contribution in [0.5, 0.6) is 0 Å². The van der Waals surface area contributed by atoms with E-state index in [-0.39, 0.29) is 0 Å². The number of piperidine rings is 1. The molecule has 0 unspecified atom stereocenters. The van der Waals surface area contributed by atoms with Crippen molar-refractivity contribution in [1.29, 1.82) is 0 Å². The molecule has 4 nitrogen and oxygen atoms in total. The summed E-state index contributed by atoms with van der Waals surface area (Å²) in [7, 11) is 1.77. The maximum atomic E-state index is 12.1. The van der Waals surface area contributed by atoms with Crippen molar-refractivity contribution in [2.75, 3.05) is 46.4 Å². The Labute approximate surface area is 117 Å². The first-order chi connectivity index (χ1) is 9.29. The van der Waals surface area contributed by atoms with Gasteiger partial charge in [-0.25, -0.2) is 0 Å². The Hall–Kier alpha value is -0.610. The fourth-order valence-electron chi connectivity index (χ4n) is 3.21. The van der Waals surface area contributed by atoms with Gasteiger partial charge < -0.3 is 9.64 Å². The third kappa shape index (κ3) is 4.77. The molecule has 0 atom stereocenters. The number of ether oxygens (including phenoxy) is 1. The highest BCUT2D eigenvalue weighted by Crippen LogP contribution is 2.22. The number of likely N-dealkylation sites (tertiary alicyclic amines) is 2. The average Bonchev–Trinajstić information content (AvgIpc) is 2.95. The maximum absolute atomic E-state index is 12.1. The van der Waals surface area contributed by atoms with E-state index in [9.17, 15) is 4.79 Å². The number of carbonyl (C=O) groups is 1. The Bertz CT molecular complexity index is 269. The summed E-state index contributed by atoms with van der Waals surface area (Å²) in [5.74, 6) is 1.18. The van der Waals surface area contributed by atoms with Crippen molar-refractivity contribution in [2.24, 2.45) is 5.92 Å². The first kappa shape index (κ1) is 14.8. The van der Waals surface area contributed by atoms with Crippen LogP contribution in [0.2, 0.25) is 0 Å². The smallest absolute Gasteiger partial charge is 0.236 e. The minimum atomic E-state index is 0.343. The van der Waals surface area contributed by atoms with Gasteiger partial charge in [-0.05, 0) is 57.5 Å². The van der Waals surface area contributed by atoms with Crippen LogP contribution in [0.3, 0.4) is 0 Å². The van der Waals surface area contributed by atoms with Crippen LogP contribution >= 0.6 is 0 Å². The highest BCUT2D eigenvalue weighted by Gasteiger charge is 2.24. The van der Waals surface area contributed by atoms with Gasteiger partial charge in [0.05, 0.1) is 6.54 Å². The van der Waals surface area contributed by atoms with Crippen LogP contribution in [0, 0.1) is 5.92 Å². The monoisotopic (exact) mass is 268 g/mol. The zero-order valence-electron chi connectivity index (χ0n) is 12.3. The van der Waals surface area contributed by atoms with Crippen molar-refractivity contribution in [1.82, 2.24) is 9.80 Å². The number of hydrogen-bond acceptors (Lipinski definition) is 3. The summed E-state index contributed by atoms with van der Waals surface area (Å²) >= 11 is 0. The lowest BCUT2D eigenvalue weighted by Gasteiger charge is -2.32. The molecule has 1 amide bonds. The van der Waals surface area contributed by atoms with Crippen LogP contribution in [0.25, 0.3) is 0 Å². The standard InChI is InChI=1S/C15H28N2O2/c1-19-12-4-5-14-6-10-16(11-7-14)13-15(18)17-8-2-3-9-17/h14H,2-13H2,1H3. The molecule has 19 heavy (non-hydrogen) atoms. The van der Waals surface area contributed by atoms with Crippen LogP contribution in [-0.4, -0.2) is 62.1 Å². The lowest BCUT2D eigenvalue weighted by Crippen LogP contribution is -2.42. The van der Waals surface area contributed by atoms with Gasteiger partial charge in [-0.1, -0.05) is 0 Å². The number of carbonyl (C=O) groups excluding carboxylic acids is 1. The van der Waals surface area contributed by atoms with E-state index >= 15 is 0 Å². The van der Waals surface area contributed by atoms with E-state index in [1.54, 1.807) is 7.11 Å². The Morgan fingerprint density at radius 1 is 1.16 bits per heavy atom. The molecule has 0 aromatic heterocycles. The Kier molecular flexibility index (Phi) is 6.11. The molecule has 2 saturated heterocycles. The lowest BCUT2D eigenvalue weighted by atomic mass is 9.92. The minimum Gasteiger partial charge on any atom is -0.385 e. The number of amides is 1. The second kappa shape index (κ2) is 7.85. The highest BCUT2D eigenvalue weighted by atomic mass is 16.5. The van der Waals surface area contributed by atoms with Gasteiger partial charge in [-0.3, -0.25) is 9.69 Å². The second-order valence-corrected chi connectivity index (χ2v) is 5.94. The van der Waals surface area contributed by atoms with Crippen LogP contribution in [0.1, 0.15) is 38.5 Å². The number of nitrogens with zero attached hydrogens (tertiary/aromatic N) is 2. The molecule has 2 aliphatic heterocycles. The van der Waals surface area contributed by atoms with Crippen molar-refractivity contribution in [3.63, 3.8) is 0 Å². The summed E-state index contributed by atoms with van der Waals surface area (Å²) in [5, 5.41) is 0.